The average molecular weight is 197 g/mol. The smallest absolute Gasteiger partial charge is 0.142 e. The zero-order valence-corrected chi connectivity index (χ0v) is 8.83. The number of nitrogens with two attached hydrogens (primary N) is 1. The van der Waals surface area contributed by atoms with Crippen LogP contribution in [0.1, 0.15) is 45.0 Å². The zero-order valence-electron chi connectivity index (χ0n) is 8.83. The highest BCUT2D eigenvalue weighted by Gasteiger charge is 2.16. The van der Waals surface area contributed by atoms with Crippen molar-refractivity contribution in [3.8, 4) is 0 Å². The molecular formula is C9H19N5. The summed E-state index contributed by atoms with van der Waals surface area (Å²) in [5.74, 6) is 6.98. The third kappa shape index (κ3) is 2.78. The van der Waals surface area contributed by atoms with E-state index in [0.717, 1.165) is 12.2 Å². The van der Waals surface area contributed by atoms with Gasteiger partial charge in [-0.3, -0.25) is 10.9 Å². The zero-order chi connectivity index (χ0) is 10.4. The standard InChI is InChI=1S/C9H19N5/c1-3-7(4-2)5-8(13-10)9-11-6-12-14-9/h6-8,13H,3-5,10H2,1-2H3,(H,11,12,14). The van der Waals surface area contributed by atoms with E-state index in [1.54, 1.807) is 0 Å². The van der Waals surface area contributed by atoms with Crippen molar-refractivity contribution in [3.63, 3.8) is 0 Å². The summed E-state index contributed by atoms with van der Waals surface area (Å²) >= 11 is 0. The van der Waals surface area contributed by atoms with Crippen LogP contribution in [0.25, 0.3) is 0 Å². The fourth-order valence-corrected chi connectivity index (χ4v) is 1.60. The van der Waals surface area contributed by atoms with Gasteiger partial charge in [0.15, 0.2) is 0 Å². The minimum atomic E-state index is 0.0856. The van der Waals surface area contributed by atoms with Crippen LogP contribution < -0.4 is 11.3 Å². The van der Waals surface area contributed by atoms with Gasteiger partial charge in [-0.15, -0.1) is 0 Å². The molecule has 1 aromatic heterocycles. The predicted molar refractivity (Wildman–Crippen MR) is 55.1 cm³/mol. The molecule has 1 atom stereocenters. The summed E-state index contributed by atoms with van der Waals surface area (Å²) in [4.78, 5) is 4.10. The normalized spacial score (nSPS) is 13.4. The van der Waals surface area contributed by atoms with Gasteiger partial charge in [0.1, 0.15) is 12.2 Å². The van der Waals surface area contributed by atoms with E-state index in [1.165, 1.54) is 19.2 Å². The second kappa shape index (κ2) is 5.72. The Labute approximate surface area is 84.5 Å². The fraction of sp³-hybridized carbons (Fsp3) is 0.778. The third-order valence-electron chi connectivity index (χ3n) is 2.69. The summed E-state index contributed by atoms with van der Waals surface area (Å²) < 4.78 is 0. The summed E-state index contributed by atoms with van der Waals surface area (Å²) in [6.45, 7) is 4.39. The molecule has 5 nitrogen and oxygen atoms in total. The molecule has 0 bridgehead atoms. The molecule has 80 valence electrons. The number of aromatic nitrogens is 3. The number of nitrogens with zero attached hydrogens (tertiary/aromatic N) is 2. The van der Waals surface area contributed by atoms with E-state index < -0.39 is 0 Å². The Bertz CT molecular complexity index is 229. The molecule has 0 radical (unpaired) electrons. The number of aromatic amines is 1. The molecule has 0 saturated heterocycles. The van der Waals surface area contributed by atoms with E-state index in [0.29, 0.717) is 5.92 Å². The largest absolute Gasteiger partial charge is 0.271 e. The van der Waals surface area contributed by atoms with Crippen LogP contribution in [0.15, 0.2) is 6.33 Å². The van der Waals surface area contributed by atoms with Crippen molar-refractivity contribution in [2.45, 2.75) is 39.2 Å². The number of rotatable bonds is 6. The minimum Gasteiger partial charge on any atom is -0.271 e. The van der Waals surface area contributed by atoms with E-state index in [4.69, 9.17) is 5.84 Å². The topological polar surface area (TPSA) is 79.6 Å². The first-order valence-corrected chi connectivity index (χ1v) is 5.13. The fourth-order valence-electron chi connectivity index (χ4n) is 1.60. The Balaban J connectivity index is 2.55. The van der Waals surface area contributed by atoms with Crippen LogP contribution in [0.3, 0.4) is 0 Å². The van der Waals surface area contributed by atoms with Crippen LogP contribution >= 0.6 is 0 Å². The van der Waals surface area contributed by atoms with Gasteiger partial charge in [-0.05, 0) is 12.3 Å². The van der Waals surface area contributed by atoms with Gasteiger partial charge in [-0.25, -0.2) is 10.4 Å². The van der Waals surface area contributed by atoms with Crippen molar-refractivity contribution in [3.05, 3.63) is 12.2 Å². The molecule has 1 heterocycles. The van der Waals surface area contributed by atoms with Crippen molar-refractivity contribution in [1.82, 2.24) is 20.6 Å². The summed E-state index contributed by atoms with van der Waals surface area (Å²) in [5, 5.41) is 6.66. The molecule has 0 aliphatic carbocycles. The predicted octanol–water partition coefficient (Wildman–Crippen LogP) is 1.14. The maximum atomic E-state index is 5.48. The first kappa shape index (κ1) is 11.1. The number of H-pyrrole nitrogens is 1. The SMILES string of the molecule is CCC(CC)CC(NN)c1ncn[nH]1. The van der Waals surface area contributed by atoms with Gasteiger partial charge in [-0.2, -0.15) is 5.10 Å². The highest BCUT2D eigenvalue weighted by atomic mass is 15.3. The van der Waals surface area contributed by atoms with Crippen LogP contribution in [0.4, 0.5) is 0 Å². The highest BCUT2D eigenvalue weighted by molar-refractivity contribution is 4.91. The molecule has 0 aliphatic rings. The lowest BCUT2D eigenvalue weighted by Gasteiger charge is -2.18. The minimum absolute atomic E-state index is 0.0856. The van der Waals surface area contributed by atoms with Crippen LogP contribution in [-0.4, -0.2) is 15.2 Å². The third-order valence-corrected chi connectivity index (χ3v) is 2.69. The number of nitrogens with one attached hydrogen (secondary N) is 2. The summed E-state index contributed by atoms with van der Waals surface area (Å²) in [5.41, 5.74) is 2.77. The number of hydrogen-bond acceptors (Lipinski definition) is 4. The van der Waals surface area contributed by atoms with E-state index in [1.807, 2.05) is 0 Å². The van der Waals surface area contributed by atoms with Crippen molar-refractivity contribution in [2.24, 2.45) is 11.8 Å². The van der Waals surface area contributed by atoms with Crippen LogP contribution in [0, 0.1) is 5.92 Å². The lowest BCUT2D eigenvalue weighted by molar-refractivity contribution is 0.365. The molecular weight excluding hydrogens is 178 g/mol. The van der Waals surface area contributed by atoms with Gasteiger partial charge in [0.2, 0.25) is 0 Å². The summed E-state index contributed by atoms with van der Waals surface area (Å²) in [6.07, 6.45) is 4.84. The first-order valence-electron chi connectivity index (χ1n) is 5.13. The second-order valence-corrected chi connectivity index (χ2v) is 3.51. The van der Waals surface area contributed by atoms with Crippen LogP contribution in [-0.2, 0) is 0 Å². The molecule has 0 spiro atoms. The van der Waals surface area contributed by atoms with Crippen molar-refractivity contribution in [2.75, 3.05) is 0 Å². The van der Waals surface area contributed by atoms with Gasteiger partial charge < -0.3 is 0 Å². The van der Waals surface area contributed by atoms with Gasteiger partial charge in [0.25, 0.3) is 0 Å². The van der Waals surface area contributed by atoms with E-state index in [2.05, 4.69) is 34.5 Å². The van der Waals surface area contributed by atoms with Crippen molar-refractivity contribution >= 4 is 0 Å². The van der Waals surface area contributed by atoms with Crippen molar-refractivity contribution in [1.29, 1.82) is 0 Å². The maximum absolute atomic E-state index is 5.48. The van der Waals surface area contributed by atoms with Crippen molar-refractivity contribution < 1.29 is 0 Å². The monoisotopic (exact) mass is 197 g/mol. The van der Waals surface area contributed by atoms with Crippen LogP contribution in [0.5, 0.6) is 0 Å². The summed E-state index contributed by atoms with van der Waals surface area (Å²) in [6, 6.07) is 0.0856. The quantitative estimate of drug-likeness (QED) is 0.472. The lowest BCUT2D eigenvalue weighted by atomic mass is 9.95. The molecule has 1 rings (SSSR count). The molecule has 0 aromatic carbocycles. The molecule has 0 fully saturated rings. The molecule has 1 aromatic rings. The van der Waals surface area contributed by atoms with E-state index in [-0.39, 0.29) is 6.04 Å². The van der Waals surface area contributed by atoms with E-state index >= 15 is 0 Å². The lowest BCUT2D eigenvalue weighted by Crippen LogP contribution is -2.30. The van der Waals surface area contributed by atoms with Gasteiger partial charge in [0.05, 0.1) is 6.04 Å². The number of hydrogen-bond donors (Lipinski definition) is 3. The maximum Gasteiger partial charge on any atom is 0.142 e. The van der Waals surface area contributed by atoms with Gasteiger partial charge >= 0.3 is 0 Å². The van der Waals surface area contributed by atoms with Gasteiger partial charge in [-0.1, -0.05) is 26.7 Å². The van der Waals surface area contributed by atoms with Crippen LogP contribution in [0.2, 0.25) is 0 Å². The second-order valence-electron chi connectivity index (χ2n) is 3.51. The average Bonchev–Trinajstić information content (AvgIpc) is 2.73. The molecule has 0 saturated carbocycles. The molecule has 5 heteroatoms. The molecule has 4 N–H and O–H groups in total. The Morgan fingerprint density at radius 1 is 1.50 bits per heavy atom. The Morgan fingerprint density at radius 2 is 2.21 bits per heavy atom. The Morgan fingerprint density at radius 3 is 2.64 bits per heavy atom. The van der Waals surface area contributed by atoms with Gasteiger partial charge in [0, 0.05) is 0 Å². The molecule has 0 amide bonds. The first-order chi connectivity index (χ1) is 6.81. The Hall–Kier alpha value is -0.940. The highest BCUT2D eigenvalue weighted by Crippen LogP contribution is 2.21. The molecule has 0 aliphatic heterocycles. The number of hydrazine groups is 1. The summed E-state index contributed by atoms with van der Waals surface area (Å²) in [7, 11) is 0. The molecule has 1 unspecified atom stereocenters. The molecule has 14 heavy (non-hydrogen) atoms. The Kier molecular flexibility index (Phi) is 4.55. The van der Waals surface area contributed by atoms with E-state index in [9.17, 15) is 0 Å².